The molecule has 4 aliphatic rings. The van der Waals surface area contributed by atoms with E-state index in [1.54, 1.807) is 20.0 Å². The number of Topliss-reactive ketones (excluding diaryl/α,β-unsaturated/α-hetero) is 1. The van der Waals surface area contributed by atoms with Crippen LogP contribution in [0.2, 0.25) is 0 Å². The van der Waals surface area contributed by atoms with E-state index in [1.807, 2.05) is 12.1 Å². The van der Waals surface area contributed by atoms with Crippen molar-refractivity contribution in [2.75, 3.05) is 40.3 Å². The van der Waals surface area contributed by atoms with Crippen LogP contribution in [-0.2, 0) is 21.4 Å². The molecule has 10 heteroatoms. The third-order valence-electron chi connectivity index (χ3n) is 9.06. The number of likely N-dealkylation sites (tertiary alicyclic amines) is 1. The molecule has 2 fully saturated rings. The number of amides is 2. The van der Waals surface area contributed by atoms with Gasteiger partial charge in [0.1, 0.15) is 0 Å². The molecule has 0 radical (unpaired) electrons. The summed E-state index contributed by atoms with van der Waals surface area (Å²) in [5, 5.41) is 17.6. The third kappa shape index (κ3) is 3.60. The Labute approximate surface area is 217 Å². The summed E-state index contributed by atoms with van der Waals surface area (Å²) in [6.07, 6.45) is 1.96. The second kappa shape index (κ2) is 8.82. The average Bonchev–Trinajstić information content (AvgIpc) is 3.21. The molecule has 2 bridgehead atoms. The number of piperidine rings is 1. The summed E-state index contributed by atoms with van der Waals surface area (Å²) in [5.41, 5.74) is 4.97. The lowest BCUT2D eigenvalue weighted by Gasteiger charge is -2.70. The van der Waals surface area contributed by atoms with Gasteiger partial charge in [-0.15, -0.1) is 0 Å². The Hall–Kier alpha value is -2.95. The molecule has 1 saturated heterocycles. The number of nitrogens with one attached hydrogen (secondary N) is 1. The molecule has 1 saturated carbocycles. The zero-order chi connectivity index (χ0) is 26.8. The number of nitrogens with two attached hydrogens (primary N) is 1. The maximum absolute atomic E-state index is 14.9. The first-order valence-electron chi connectivity index (χ1n) is 13.0. The van der Waals surface area contributed by atoms with Crippen LogP contribution >= 0.6 is 0 Å². The maximum atomic E-state index is 14.9. The van der Waals surface area contributed by atoms with Gasteiger partial charge in [0, 0.05) is 50.4 Å². The van der Waals surface area contributed by atoms with Crippen molar-refractivity contribution in [1.82, 2.24) is 10.2 Å². The van der Waals surface area contributed by atoms with Gasteiger partial charge in [-0.25, -0.2) is 4.79 Å². The van der Waals surface area contributed by atoms with Crippen LogP contribution in [0.4, 0.5) is 4.79 Å². The lowest BCUT2D eigenvalue weighted by molar-refractivity contribution is -0.954. The molecule has 1 aromatic rings. The number of ketones is 1. The lowest BCUT2D eigenvalue weighted by atomic mass is 9.48. The molecule has 2 aliphatic carbocycles. The number of quaternary nitrogens is 1. The Morgan fingerprint density at radius 1 is 1.43 bits per heavy atom. The van der Waals surface area contributed by atoms with E-state index in [-0.39, 0.29) is 49.4 Å². The molecule has 1 aromatic carbocycles. The van der Waals surface area contributed by atoms with E-state index in [2.05, 4.69) is 18.9 Å². The molecule has 1 unspecified atom stereocenters. The van der Waals surface area contributed by atoms with Crippen LogP contribution in [0, 0.1) is 0 Å². The minimum Gasteiger partial charge on any atom is -0.844 e. The third-order valence-corrected chi connectivity index (χ3v) is 9.06. The molecule has 3 N–H and O–H groups in total. The monoisotopic (exact) mass is 512 g/mol. The van der Waals surface area contributed by atoms with E-state index in [0.717, 1.165) is 17.7 Å². The zero-order valence-corrected chi connectivity index (χ0v) is 21.7. The quantitative estimate of drug-likeness (QED) is 0.388. The van der Waals surface area contributed by atoms with Crippen LogP contribution < -0.4 is 25.6 Å². The zero-order valence-electron chi connectivity index (χ0n) is 21.7. The smallest absolute Gasteiger partial charge is 0.415 e. The summed E-state index contributed by atoms with van der Waals surface area (Å²) in [7, 11) is 3.68. The van der Waals surface area contributed by atoms with E-state index in [4.69, 9.17) is 15.2 Å². The number of benzene rings is 1. The topological polar surface area (TPSA) is 134 Å². The standard InChI is InChI=1S/C27H36N4O6/c1-5-13-31(4)14-10-26-21-17-6-7-19(36-25(34)30(3)12-11-29-24(33)16(2)28)22(21)37-23(26)18(32)8-9-27(26,35)20(31)15-17/h5-7,16,20,23H,1,8-15,28H2,2-4H3,(H,29,33)/t16-,20+,23-,26-,27+,31?/m0/s1. The highest BCUT2D eigenvalue weighted by molar-refractivity contribution is 5.90. The van der Waals surface area contributed by atoms with Crippen molar-refractivity contribution in [3.8, 4) is 11.5 Å². The van der Waals surface area contributed by atoms with Gasteiger partial charge in [-0.3, -0.25) is 9.59 Å². The van der Waals surface area contributed by atoms with Crippen molar-refractivity contribution >= 4 is 17.8 Å². The van der Waals surface area contributed by atoms with Gasteiger partial charge in [0.25, 0.3) is 0 Å². The van der Waals surface area contributed by atoms with Gasteiger partial charge in [0.15, 0.2) is 23.4 Å². The van der Waals surface area contributed by atoms with Crippen LogP contribution in [0.15, 0.2) is 24.8 Å². The highest BCUT2D eigenvalue weighted by Crippen LogP contribution is 2.64. The minimum absolute atomic E-state index is 0.0617. The van der Waals surface area contributed by atoms with Gasteiger partial charge in [0.2, 0.25) is 5.91 Å². The van der Waals surface area contributed by atoms with E-state index in [9.17, 15) is 19.5 Å². The van der Waals surface area contributed by atoms with Gasteiger partial charge < -0.3 is 35.0 Å². The molecule has 10 nitrogen and oxygen atoms in total. The highest BCUT2D eigenvalue weighted by Gasteiger charge is 2.71. The van der Waals surface area contributed by atoms with E-state index in [0.29, 0.717) is 29.6 Å². The second-order valence-electron chi connectivity index (χ2n) is 11.3. The molecule has 2 heterocycles. The van der Waals surface area contributed by atoms with Crippen LogP contribution in [0.25, 0.3) is 0 Å². The summed E-state index contributed by atoms with van der Waals surface area (Å²) in [6.45, 7) is 7.38. The van der Waals surface area contributed by atoms with Crippen molar-refractivity contribution in [1.29, 1.82) is 0 Å². The number of hydrogen-bond donors (Lipinski definition) is 2. The van der Waals surface area contributed by atoms with Gasteiger partial charge in [0.05, 0.1) is 32.2 Å². The van der Waals surface area contributed by atoms with Crippen LogP contribution in [-0.4, -0.2) is 91.2 Å². The average molecular weight is 513 g/mol. The summed E-state index contributed by atoms with van der Waals surface area (Å²) >= 11 is 0. The summed E-state index contributed by atoms with van der Waals surface area (Å²) in [5.74, 6) is 0.192. The van der Waals surface area contributed by atoms with E-state index < -0.39 is 29.3 Å². The Balaban J connectivity index is 1.46. The number of nitrogens with zero attached hydrogens (tertiary/aromatic N) is 2. The minimum atomic E-state index is -1.36. The molecule has 200 valence electrons. The molecular formula is C27H36N4O6. The maximum Gasteiger partial charge on any atom is 0.415 e. The van der Waals surface area contributed by atoms with Crippen molar-refractivity contribution in [3.05, 3.63) is 35.9 Å². The highest BCUT2D eigenvalue weighted by atomic mass is 16.6. The van der Waals surface area contributed by atoms with Crippen LogP contribution in [0.5, 0.6) is 11.5 Å². The predicted molar refractivity (Wildman–Crippen MR) is 133 cm³/mol. The number of carbonyl (C=O) groups excluding carboxylic acids is 3. The summed E-state index contributed by atoms with van der Waals surface area (Å²) in [4.78, 5) is 39.0. The van der Waals surface area contributed by atoms with Gasteiger partial charge in [-0.05, 0) is 36.7 Å². The Morgan fingerprint density at radius 2 is 2.19 bits per heavy atom. The number of rotatable bonds is 7. The predicted octanol–water partition coefficient (Wildman–Crippen LogP) is 0.00240. The van der Waals surface area contributed by atoms with Crippen molar-refractivity contribution < 1.29 is 33.4 Å². The Kier molecular flexibility index (Phi) is 6.12. The van der Waals surface area contributed by atoms with E-state index in [1.165, 1.54) is 4.90 Å². The number of hydrogen-bond acceptors (Lipinski definition) is 7. The Bertz CT molecular complexity index is 1170. The number of carbonyl (C=O) groups is 3. The largest absolute Gasteiger partial charge is 0.844 e. The van der Waals surface area contributed by atoms with Gasteiger partial charge >= 0.3 is 6.09 Å². The molecule has 5 rings (SSSR count). The number of ether oxygens (including phenoxy) is 2. The fourth-order valence-electron chi connectivity index (χ4n) is 7.15. The fourth-order valence-corrected chi connectivity index (χ4v) is 7.15. The van der Waals surface area contributed by atoms with Gasteiger partial charge in [-0.1, -0.05) is 12.6 Å². The van der Waals surface area contributed by atoms with Crippen molar-refractivity contribution in [3.63, 3.8) is 0 Å². The molecule has 37 heavy (non-hydrogen) atoms. The normalized spacial score (nSPS) is 33.6. The first-order valence-corrected chi connectivity index (χ1v) is 13.0. The molecule has 2 aliphatic heterocycles. The van der Waals surface area contributed by atoms with Gasteiger partial charge in [-0.2, -0.15) is 0 Å². The van der Waals surface area contributed by atoms with E-state index >= 15 is 0 Å². The van der Waals surface area contributed by atoms with Crippen molar-refractivity contribution in [2.45, 2.75) is 61.8 Å². The molecular weight excluding hydrogens is 476 g/mol. The first kappa shape index (κ1) is 25.7. The fraction of sp³-hybridized carbons (Fsp3) is 0.593. The van der Waals surface area contributed by atoms with Crippen molar-refractivity contribution in [2.24, 2.45) is 5.73 Å². The number of likely N-dealkylation sites (N-methyl/N-ethyl adjacent to an activating group) is 2. The molecule has 0 aromatic heterocycles. The molecule has 6 atom stereocenters. The molecule has 2 amide bonds. The summed E-state index contributed by atoms with van der Waals surface area (Å²) < 4.78 is 12.6. The SMILES string of the molecule is C=CC[N+]1(C)CC[C@]23c4c5ccc(OC(=O)N(C)CCNC(=O)[C@H](C)N)c4O[C@H]2C(=O)CC[C@@]3([O-])[C@H]1C5. The first-order chi connectivity index (χ1) is 17.5. The Morgan fingerprint density at radius 3 is 2.89 bits per heavy atom. The molecule has 1 spiro atoms. The lowest BCUT2D eigenvalue weighted by Crippen LogP contribution is -2.85. The second-order valence-corrected chi connectivity index (χ2v) is 11.3. The van der Waals surface area contributed by atoms with Crippen LogP contribution in [0.1, 0.15) is 37.3 Å². The summed E-state index contributed by atoms with van der Waals surface area (Å²) in [6, 6.07) is 2.76. The van der Waals surface area contributed by atoms with Crippen LogP contribution in [0.3, 0.4) is 0 Å².